The first-order valence-electron chi connectivity index (χ1n) is 8.05. The minimum atomic E-state index is 0.0814. The van der Waals surface area contributed by atoms with E-state index in [-0.39, 0.29) is 5.41 Å². The molecule has 0 N–H and O–H groups in total. The number of piperidine rings is 1. The molecule has 1 unspecified atom stereocenters. The van der Waals surface area contributed by atoms with Crippen LogP contribution < -0.4 is 0 Å². The number of morpholine rings is 1. The van der Waals surface area contributed by atoms with Crippen LogP contribution in [0.1, 0.15) is 46.5 Å². The third-order valence-electron chi connectivity index (χ3n) is 4.20. The molecule has 0 aromatic carbocycles. The summed E-state index contributed by atoms with van der Waals surface area (Å²) in [6, 6.07) is 0.414. The van der Waals surface area contributed by atoms with Crippen molar-refractivity contribution in [2.45, 2.75) is 52.5 Å². The van der Waals surface area contributed by atoms with Gasteiger partial charge in [0.15, 0.2) is 0 Å². The first kappa shape index (κ1) is 15.8. The Morgan fingerprint density at radius 2 is 1.85 bits per heavy atom. The summed E-state index contributed by atoms with van der Waals surface area (Å²) in [6.45, 7) is 12.1. The van der Waals surface area contributed by atoms with Crippen LogP contribution >= 0.6 is 0 Å². The van der Waals surface area contributed by atoms with Crippen LogP contribution in [0.15, 0.2) is 0 Å². The Labute approximate surface area is 123 Å². The average Bonchev–Trinajstić information content (AvgIpc) is 2.38. The zero-order valence-electron chi connectivity index (χ0n) is 13.4. The van der Waals surface area contributed by atoms with Crippen LogP contribution in [0.25, 0.3) is 0 Å². The number of carbonyl (C=O) groups excluding carboxylic acids is 1. The van der Waals surface area contributed by atoms with Gasteiger partial charge in [-0.05, 0) is 24.7 Å². The van der Waals surface area contributed by atoms with Crippen LogP contribution in [0, 0.1) is 5.41 Å². The summed E-state index contributed by atoms with van der Waals surface area (Å²) in [6.07, 6.45) is 4.24. The number of nitrogens with zero attached hydrogens (tertiary/aromatic N) is 2. The minimum absolute atomic E-state index is 0.0814. The van der Waals surface area contributed by atoms with E-state index in [1.807, 2.05) is 0 Å². The quantitative estimate of drug-likeness (QED) is 0.795. The highest BCUT2D eigenvalue weighted by atomic mass is 16.5. The normalized spacial score (nSPS) is 25.8. The van der Waals surface area contributed by atoms with Gasteiger partial charge in [-0.1, -0.05) is 20.8 Å². The highest BCUT2D eigenvalue weighted by molar-refractivity contribution is 5.77. The Bertz CT molecular complexity index is 319. The van der Waals surface area contributed by atoms with Gasteiger partial charge in [-0.3, -0.25) is 9.69 Å². The van der Waals surface area contributed by atoms with E-state index in [2.05, 4.69) is 30.6 Å². The fraction of sp³-hybridized carbons (Fsp3) is 0.938. The van der Waals surface area contributed by atoms with E-state index < -0.39 is 0 Å². The smallest absolute Gasteiger partial charge is 0.223 e. The molecule has 2 rings (SSSR count). The van der Waals surface area contributed by atoms with Gasteiger partial charge in [-0.15, -0.1) is 0 Å². The summed E-state index contributed by atoms with van der Waals surface area (Å²) in [4.78, 5) is 17.2. The molecule has 0 aromatic heterocycles. The van der Waals surface area contributed by atoms with Crippen molar-refractivity contribution in [3.05, 3.63) is 0 Å². The Morgan fingerprint density at radius 1 is 1.15 bits per heavy atom. The third kappa shape index (κ3) is 4.74. The van der Waals surface area contributed by atoms with Crippen molar-refractivity contribution < 1.29 is 9.53 Å². The van der Waals surface area contributed by atoms with Crippen molar-refractivity contribution in [1.29, 1.82) is 0 Å². The van der Waals surface area contributed by atoms with E-state index in [0.29, 0.717) is 18.4 Å². The van der Waals surface area contributed by atoms with E-state index in [1.54, 1.807) is 0 Å². The molecule has 4 nitrogen and oxygen atoms in total. The summed E-state index contributed by atoms with van der Waals surface area (Å²) < 4.78 is 5.41. The van der Waals surface area contributed by atoms with Crippen LogP contribution in [0.2, 0.25) is 0 Å². The number of hydrogen-bond donors (Lipinski definition) is 0. The molecule has 2 aliphatic heterocycles. The number of amides is 1. The summed E-state index contributed by atoms with van der Waals surface area (Å²) in [5, 5.41) is 0. The molecule has 4 heteroatoms. The van der Waals surface area contributed by atoms with Crippen LogP contribution in [0.5, 0.6) is 0 Å². The molecule has 1 amide bonds. The van der Waals surface area contributed by atoms with Crippen LogP contribution in [-0.2, 0) is 9.53 Å². The van der Waals surface area contributed by atoms with E-state index in [0.717, 1.165) is 52.2 Å². The Hall–Kier alpha value is -0.610. The van der Waals surface area contributed by atoms with Crippen molar-refractivity contribution in [3.8, 4) is 0 Å². The fourth-order valence-electron chi connectivity index (χ4n) is 3.16. The largest absolute Gasteiger partial charge is 0.379 e. The van der Waals surface area contributed by atoms with Crippen molar-refractivity contribution in [2.24, 2.45) is 5.41 Å². The maximum Gasteiger partial charge on any atom is 0.223 e. The second kappa shape index (κ2) is 6.90. The first-order valence-corrected chi connectivity index (χ1v) is 8.05. The average molecular weight is 282 g/mol. The van der Waals surface area contributed by atoms with Crippen molar-refractivity contribution >= 4 is 5.91 Å². The van der Waals surface area contributed by atoms with Gasteiger partial charge in [0.1, 0.15) is 0 Å². The second-order valence-corrected chi connectivity index (χ2v) is 7.39. The van der Waals surface area contributed by atoms with Crippen molar-refractivity contribution in [2.75, 3.05) is 39.4 Å². The molecule has 20 heavy (non-hydrogen) atoms. The highest BCUT2D eigenvalue weighted by Gasteiger charge is 2.30. The molecule has 2 aliphatic rings. The van der Waals surface area contributed by atoms with Crippen molar-refractivity contribution in [3.63, 3.8) is 0 Å². The van der Waals surface area contributed by atoms with E-state index in [4.69, 9.17) is 4.74 Å². The molecule has 0 saturated carbocycles. The zero-order valence-corrected chi connectivity index (χ0v) is 13.4. The molecule has 0 bridgehead atoms. The lowest BCUT2D eigenvalue weighted by Gasteiger charge is -2.40. The van der Waals surface area contributed by atoms with Crippen LogP contribution in [0.4, 0.5) is 0 Å². The van der Waals surface area contributed by atoms with E-state index in [9.17, 15) is 4.79 Å². The molecule has 0 aliphatic carbocycles. The molecular formula is C16H30N2O2. The SMILES string of the molecule is CC(C)(C)CC(=O)N1CCCCC1CN1CCOCC1. The Balaban J connectivity index is 1.92. The maximum absolute atomic E-state index is 12.5. The third-order valence-corrected chi connectivity index (χ3v) is 4.20. The van der Waals surface area contributed by atoms with Crippen LogP contribution in [0.3, 0.4) is 0 Å². The molecule has 1 atom stereocenters. The van der Waals surface area contributed by atoms with Gasteiger partial charge >= 0.3 is 0 Å². The van der Waals surface area contributed by atoms with Gasteiger partial charge in [-0.25, -0.2) is 0 Å². The first-order chi connectivity index (χ1) is 9.46. The predicted molar refractivity (Wildman–Crippen MR) is 80.7 cm³/mol. The summed E-state index contributed by atoms with van der Waals surface area (Å²) in [5.74, 6) is 0.343. The van der Waals surface area contributed by atoms with Gasteiger partial charge in [0.25, 0.3) is 0 Å². The number of carbonyl (C=O) groups is 1. The van der Waals surface area contributed by atoms with Gasteiger partial charge in [0.05, 0.1) is 13.2 Å². The minimum Gasteiger partial charge on any atom is -0.379 e. The molecular weight excluding hydrogens is 252 g/mol. The van der Waals surface area contributed by atoms with Crippen LogP contribution in [-0.4, -0.2) is 61.1 Å². The topological polar surface area (TPSA) is 32.8 Å². The monoisotopic (exact) mass is 282 g/mol. The van der Waals surface area contributed by atoms with E-state index >= 15 is 0 Å². The Kier molecular flexibility index (Phi) is 5.44. The lowest BCUT2D eigenvalue weighted by atomic mass is 9.90. The lowest BCUT2D eigenvalue weighted by molar-refractivity contribution is -0.137. The summed E-state index contributed by atoms with van der Waals surface area (Å²) in [7, 11) is 0. The standard InChI is InChI=1S/C16H30N2O2/c1-16(2,3)12-15(19)18-7-5-4-6-14(18)13-17-8-10-20-11-9-17/h14H,4-13H2,1-3H3. The van der Waals surface area contributed by atoms with Gasteiger partial charge in [0.2, 0.25) is 5.91 Å². The lowest BCUT2D eigenvalue weighted by Crippen LogP contribution is -2.51. The molecule has 116 valence electrons. The number of rotatable bonds is 3. The zero-order chi connectivity index (χ0) is 14.6. The van der Waals surface area contributed by atoms with Gasteiger partial charge in [-0.2, -0.15) is 0 Å². The number of likely N-dealkylation sites (tertiary alicyclic amines) is 1. The van der Waals surface area contributed by atoms with Gasteiger partial charge in [0, 0.05) is 38.6 Å². The molecule has 0 radical (unpaired) electrons. The summed E-state index contributed by atoms with van der Waals surface area (Å²) >= 11 is 0. The molecule has 0 spiro atoms. The number of ether oxygens (including phenoxy) is 1. The second-order valence-electron chi connectivity index (χ2n) is 7.39. The summed E-state index contributed by atoms with van der Waals surface area (Å²) in [5.41, 5.74) is 0.0814. The number of hydrogen-bond acceptors (Lipinski definition) is 3. The Morgan fingerprint density at radius 3 is 2.50 bits per heavy atom. The molecule has 2 fully saturated rings. The highest BCUT2D eigenvalue weighted by Crippen LogP contribution is 2.24. The molecule has 2 saturated heterocycles. The molecule has 2 heterocycles. The maximum atomic E-state index is 12.5. The fourth-order valence-corrected chi connectivity index (χ4v) is 3.16. The van der Waals surface area contributed by atoms with Crippen molar-refractivity contribution in [1.82, 2.24) is 9.80 Å². The van der Waals surface area contributed by atoms with E-state index in [1.165, 1.54) is 6.42 Å². The molecule has 0 aromatic rings. The van der Waals surface area contributed by atoms with Gasteiger partial charge < -0.3 is 9.64 Å². The predicted octanol–water partition coefficient (Wildman–Crippen LogP) is 2.14.